The number of ketones is 1. The Morgan fingerprint density at radius 1 is 1.50 bits per heavy atom. The first-order chi connectivity index (χ1) is 6.75. The van der Waals surface area contributed by atoms with Crippen molar-refractivity contribution in [1.82, 2.24) is 4.98 Å². The van der Waals surface area contributed by atoms with Crippen molar-refractivity contribution in [2.45, 2.75) is 13.3 Å². The third-order valence-corrected chi connectivity index (χ3v) is 1.71. The summed E-state index contributed by atoms with van der Waals surface area (Å²) in [5, 5.41) is 0. The van der Waals surface area contributed by atoms with E-state index in [9.17, 15) is 4.79 Å². The zero-order chi connectivity index (χ0) is 9.97. The van der Waals surface area contributed by atoms with Crippen molar-refractivity contribution in [3.05, 3.63) is 30.4 Å². The van der Waals surface area contributed by atoms with Crippen molar-refractivity contribution >= 4 is 5.78 Å². The van der Waals surface area contributed by atoms with Crippen molar-refractivity contribution in [2.24, 2.45) is 0 Å². The Bertz CT molecular complexity index is 428. The van der Waals surface area contributed by atoms with Crippen LogP contribution in [0.25, 0.3) is 11.7 Å². The smallest absolute Gasteiger partial charge is 0.262 e. The zero-order valence-corrected chi connectivity index (χ0v) is 7.69. The first-order valence-electron chi connectivity index (χ1n) is 4.23. The number of hydrogen-bond donors (Lipinski definition) is 0. The minimum Gasteiger partial charge on any atom is -0.459 e. The van der Waals surface area contributed by atoms with E-state index in [1.165, 1.54) is 13.2 Å². The van der Waals surface area contributed by atoms with Gasteiger partial charge >= 0.3 is 0 Å². The van der Waals surface area contributed by atoms with Gasteiger partial charge in [0.05, 0.1) is 18.4 Å². The lowest BCUT2D eigenvalue weighted by Crippen LogP contribution is -1.95. The number of hydrogen-bond acceptors (Lipinski definition) is 4. The Morgan fingerprint density at radius 2 is 2.36 bits per heavy atom. The summed E-state index contributed by atoms with van der Waals surface area (Å²) in [5.41, 5.74) is 0.629. The maximum Gasteiger partial charge on any atom is 0.262 e. The van der Waals surface area contributed by atoms with Gasteiger partial charge < -0.3 is 8.83 Å². The van der Waals surface area contributed by atoms with Crippen LogP contribution in [0.3, 0.4) is 0 Å². The van der Waals surface area contributed by atoms with Gasteiger partial charge in [0.25, 0.3) is 5.89 Å². The number of carbonyl (C=O) groups is 1. The predicted molar refractivity (Wildman–Crippen MR) is 48.6 cm³/mol. The molecule has 4 heteroatoms. The molecule has 0 aromatic carbocycles. The molecule has 0 atom stereocenters. The molecule has 2 rings (SSSR count). The third-order valence-electron chi connectivity index (χ3n) is 1.71. The first-order valence-corrected chi connectivity index (χ1v) is 4.23. The van der Waals surface area contributed by atoms with Crippen LogP contribution < -0.4 is 0 Å². The highest BCUT2D eigenvalue weighted by Gasteiger charge is 2.09. The molecule has 0 radical (unpaired) electrons. The second kappa shape index (κ2) is 3.49. The minimum atomic E-state index is 0.0595. The molecule has 0 fully saturated rings. The molecule has 0 N–H and O–H groups in total. The number of Topliss-reactive ketones (excluding diaryl/α,β-unsaturated/α-hetero) is 1. The molecule has 0 unspecified atom stereocenters. The normalized spacial score (nSPS) is 10.4. The van der Waals surface area contributed by atoms with E-state index >= 15 is 0 Å². The lowest BCUT2D eigenvalue weighted by molar-refractivity contribution is -0.116. The summed E-state index contributed by atoms with van der Waals surface area (Å²) in [6.07, 6.45) is 3.31. The molecule has 4 nitrogen and oxygen atoms in total. The summed E-state index contributed by atoms with van der Waals surface area (Å²) in [6, 6.07) is 3.51. The Balaban J connectivity index is 2.22. The third kappa shape index (κ3) is 1.74. The fourth-order valence-electron chi connectivity index (χ4n) is 1.16. The molecule has 0 aliphatic carbocycles. The fraction of sp³-hybridized carbons (Fsp3) is 0.200. The summed E-state index contributed by atoms with van der Waals surface area (Å²) in [7, 11) is 0. The van der Waals surface area contributed by atoms with E-state index in [2.05, 4.69) is 4.98 Å². The largest absolute Gasteiger partial charge is 0.459 e. The molecule has 0 aliphatic rings. The minimum absolute atomic E-state index is 0.0595. The van der Waals surface area contributed by atoms with E-state index in [4.69, 9.17) is 8.83 Å². The number of rotatable bonds is 3. The molecule has 0 saturated carbocycles. The van der Waals surface area contributed by atoms with E-state index in [0.29, 0.717) is 23.8 Å². The molecule has 0 amide bonds. The van der Waals surface area contributed by atoms with Gasteiger partial charge in [0.15, 0.2) is 5.76 Å². The summed E-state index contributed by atoms with van der Waals surface area (Å²) in [6.45, 7) is 1.52. The number of aromatic nitrogens is 1. The standard InChI is InChI=1S/C10H9NO3/c1-7(12)5-8-6-14-10(11-8)9-3-2-4-13-9/h2-4,6H,5H2,1H3. The molecular weight excluding hydrogens is 182 g/mol. The molecular formula is C10H9NO3. The predicted octanol–water partition coefficient (Wildman–Crippen LogP) is 2.07. The van der Waals surface area contributed by atoms with Gasteiger partial charge in [0, 0.05) is 0 Å². The number of furan rings is 1. The molecule has 0 aliphatic heterocycles. The maximum absolute atomic E-state index is 10.8. The summed E-state index contributed by atoms with van der Waals surface area (Å²) in [5.74, 6) is 1.04. The van der Waals surface area contributed by atoms with Gasteiger partial charge in [-0.15, -0.1) is 0 Å². The van der Waals surface area contributed by atoms with Crippen LogP contribution in [0.15, 0.2) is 33.5 Å². The van der Waals surface area contributed by atoms with Crippen LogP contribution in [-0.4, -0.2) is 10.8 Å². The van der Waals surface area contributed by atoms with Crippen molar-refractivity contribution in [3.63, 3.8) is 0 Å². The van der Waals surface area contributed by atoms with E-state index in [0.717, 1.165) is 0 Å². The van der Waals surface area contributed by atoms with Crippen LogP contribution in [0.2, 0.25) is 0 Å². The molecule has 0 bridgehead atoms. The van der Waals surface area contributed by atoms with Crippen molar-refractivity contribution in [2.75, 3.05) is 0 Å². The zero-order valence-electron chi connectivity index (χ0n) is 7.69. The van der Waals surface area contributed by atoms with Gasteiger partial charge in [-0.3, -0.25) is 4.79 Å². The number of carbonyl (C=O) groups excluding carboxylic acids is 1. The van der Waals surface area contributed by atoms with Crippen molar-refractivity contribution < 1.29 is 13.6 Å². The lowest BCUT2D eigenvalue weighted by Gasteiger charge is -1.86. The first kappa shape index (κ1) is 8.74. The fourth-order valence-corrected chi connectivity index (χ4v) is 1.16. The molecule has 2 aromatic rings. The highest BCUT2D eigenvalue weighted by atomic mass is 16.4. The number of nitrogens with zero attached hydrogens (tertiary/aromatic N) is 1. The Hall–Kier alpha value is -1.84. The summed E-state index contributed by atoms with van der Waals surface area (Å²) < 4.78 is 10.2. The highest BCUT2D eigenvalue weighted by Crippen LogP contribution is 2.18. The Kier molecular flexibility index (Phi) is 2.18. The van der Waals surface area contributed by atoms with E-state index < -0.39 is 0 Å². The van der Waals surface area contributed by atoms with Crippen LogP contribution in [-0.2, 0) is 11.2 Å². The van der Waals surface area contributed by atoms with Gasteiger partial charge in [0.1, 0.15) is 12.0 Å². The van der Waals surface area contributed by atoms with Crippen LogP contribution in [0, 0.1) is 0 Å². The Morgan fingerprint density at radius 3 is 3.00 bits per heavy atom. The van der Waals surface area contributed by atoms with Crippen LogP contribution in [0.5, 0.6) is 0 Å². The van der Waals surface area contributed by atoms with E-state index in [1.807, 2.05) is 0 Å². The second-order valence-electron chi connectivity index (χ2n) is 3.00. The van der Waals surface area contributed by atoms with E-state index in [1.54, 1.807) is 18.4 Å². The van der Waals surface area contributed by atoms with Gasteiger partial charge in [-0.2, -0.15) is 0 Å². The van der Waals surface area contributed by atoms with Crippen LogP contribution in [0.1, 0.15) is 12.6 Å². The van der Waals surface area contributed by atoms with Gasteiger partial charge in [-0.25, -0.2) is 4.98 Å². The molecule has 2 aromatic heterocycles. The van der Waals surface area contributed by atoms with E-state index in [-0.39, 0.29) is 5.78 Å². The maximum atomic E-state index is 10.8. The quantitative estimate of drug-likeness (QED) is 0.745. The average molecular weight is 191 g/mol. The van der Waals surface area contributed by atoms with Gasteiger partial charge in [0.2, 0.25) is 0 Å². The summed E-state index contributed by atoms with van der Waals surface area (Å²) in [4.78, 5) is 14.9. The van der Waals surface area contributed by atoms with Crippen LogP contribution in [0.4, 0.5) is 0 Å². The molecule has 2 heterocycles. The van der Waals surface area contributed by atoms with Gasteiger partial charge in [-0.05, 0) is 19.1 Å². The van der Waals surface area contributed by atoms with Gasteiger partial charge in [-0.1, -0.05) is 0 Å². The summed E-state index contributed by atoms with van der Waals surface area (Å²) >= 11 is 0. The molecule has 14 heavy (non-hydrogen) atoms. The number of oxazole rings is 1. The second-order valence-corrected chi connectivity index (χ2v) is 3.00. The average Bonchev–Trinajstić information content (AvgIpc) is 2.69. The Labute approximate surface area is 80.6 Å². The SMILES string of the molecule is CC(=O)Cc1coc(-c2ccco2)n1. The topological polar surface area (TPSA) is 56.2 Å². The lowest BCUT2D eigenvalue weighted by atomic mass is 10.2. The molecule has 0 spiro atoms. The monoisotopic (exact) mass is 191 g/mol. The van der Waals surface area contributed by atoms with Crippen molar-refractivity contribution in [3.8, 4) is 11.7 Å². The molecule has 72 valence electrons. The molecule has 0 saturated heterocycles. The van der Waals surface area contributed by atoms with Crippen molar-refractivity contribution in [1.29, 1.82) is 0 Å². The van der Waals surface area contributed by atoms with Crippen LogP contribution >= 0.6 is 0 Å². The highest BCUT2D eigenvalue weighted by molar-refractivity contribution is 5.77.